The number of likely N-dealkylation sites (tertiary alicyclic amines) is 1. The number of esters is 1. The highest BCUT2D eigenvalue weighted by Crippen LogP contribution is 2.40. The fourth-order valence-electron chi connectivity index (χ4n) is 5.08. The van der Waals surface area contributed by atoms with Gasteiger partial charge in [0, 0.05) is 10.9 Å². The summed E-state index contributed by atoms with van der Waals surface area (Å²) in [7, 11) is 0. The van der Waals surface area contributed by atoms with Gasteiger partial charge in [-0.2, -0.15) is 0 Å². The van der Waals surface area contributed by atoms with Crippen LogP contribution in [0.3, 0.4) is 0 Å². The molecule has 0 bridgehead atoms. The second kappa shape index (κ2) is 9.73. The quantitative estimate of drug-likeness (QED) is 0.633. The maximum Gasteiger partial charge on any atom is 0.341 e. The molecule has 0 unspecified atom stereocenters. The Morgan fingerprint density at radius 1 is 1.15 bits per heavy atom. The van der Waals surface area contributed by atoms with E-state index in [9.17, 15) is 9.59 Å². The van der Waals surface area contributed by atoms with Crippen LogP contribution in [0, 0.1) is 0 Å². The summed E-state index contributed by atoms with van der Waals surface area (Å²) in [6.07, 6.45) is 6.04. The first-order chi connectivity index (χ1) is 16.1. The highest BCUT2D eigenvalue weighted by molar-refractivity contribution is 7.17. The average Bonchev–Trinajstić information content (AvgIpc) is 3.42. The molecule has 176 valence electrons. The smallest absolute Gasteiger partial charge is 0.341 e. The third-order valence-electron chi connectivity index (χ3n) is 6.57. The summed E-state index contributed by atoms with van der Waals surface area (Å²) >= 11 is 1.53. The average molecular weight is 471 g/mol. The number of hydrogen-bond acceptors (Lipinski definition) is 7. The molecule has 1 saturated heterocycles. The molecule has 1 aromatic heterocycles. The van der Waals surface area contributed by atoms with Crippen molar-refractivity contribution >= 4 is 28.2 Å². The lowest BCUT2D eigenvalue weighted by molar-refractivity contribution is -0.117. The van der Waals surface area contributed by atoms with Crippen LogP contribution in [0.5, 0.6) is 11.5 Å². The van der Waals surface area contributed by atoms with Crippen LogP contribution in [-0.2, 0) is 22.4 Å². The van der Waals surface area contributed by atoms with Gasteiger partial charge in [-0.15, -0.1) is 11.3 Å². The van der Waals surface area contributed by atoms with E-state index in [1.807, 2.05) is 12.1 Å². The Morgan fingerprint density at radius 3 is 2.82 bits per heavy atom. The van der Waals surface area contributed by atoms with Gasteiger partial charge in [0.25, 0.3) is 0 Å². The van der Waals surface area contributed by atoms with Gasteiger partial charge >= 0.3 is 5.97 Å². The molecule has 1 fully saturated rings. The summed E-state index contributed by atoms with van der Waals surface area (Å²) in [4.78, 5) is 29.2. The van der Waals surface area contributed by atoms with Crippen molar-refractivity contribution in [3.63, 3.8) is 0 Å². The number of thiophene rings is 1. The molecule has 2 aliphatic heterocycles. The van der Waals surface area contributed by atoms with E-state index in [0.717, 1.165) is 67.7 Å². The molecule has 0 radical (unpaired) electrons. The summed E-state index contributed by atoms with van der Waals surface area (Å²) in [5, 5.41) is 3.69. The van der Waals surface area contributed by atoms with E-state index >= 15 is 0 Å². The zero-order valence-electron chi connectivity index (χ0n) is 19.0. The standard InChI is InChI=1S/C25H30N2O5S/c1-2-30-25(29)23-17-6-3-4-8-21(17)33-24(23)26-22(28)15-27-11-5-7-18(27)16-9-10-19-20(14-16)32-13-12-31-19/h9-10,14,18H,2-8,11-13,15H2,1H3,(H,26,28)/t18-/m0/s1. The number of nitrogens with one attached hydrogen (secondary N) is 1. The lowest BCUT2D eigenvalue weighted by Crippen LogP contribution is -2.33. The van der Waals surface area contributed by atoms with Crippen LogP contribution >= 0.6 is 11.3 Å². The highest BCUT2D eigenvalue weighted by atomic mass is 32.1. The first kappa shape index (κ1) is 22.2. The molecular weight excluding hydrogens is 440 g/mol. The van der Waals surface area contributed by atoms with Gasteiger partial charge < -0.3 is 19.5 Å². The maximum absolute atomic E-state index is 13.1. The zero-order valence-corrected chi connectivity index (χ0v) is 19.8. The number of aryl methyl sites for hydroxylation is 1. The number of anilines is 1. The van der Waals surface area contributed by atoms with Crippen molar-refractivity contribution < 1.29 is 23.8 Å². The maximum atomic E-state index is 13.1. The van der Waals surface area contributed by atoms with E-state index in [1.54, 1.807) is 6.92 Å². The van der Waals surface area contributed by atoms with Gasteiger partial charge in [0.1, 0.15) is 18.2 Å². The van der Waals surface area contributed by atoms with E-state index in [2.05, 4.69) is 16.3 Å². The SMILES string of the molecule is CCOC(=O)c1c(NC(=O)CN2CCC[C@H]2c2ccc3c(c2)OCCO3)sc2c1CCCC2. The van der Waals surface area contributed by atoms with E-state index in [4.69, 9.17) is 14.2 Å². The molecule has 1 atom stereocenters. The Kier molecular flexibility index (Phi) is 6.55. The number of nitrogens with zero attached hydrogens (tertiary/aromatic N) is 1. The first-order valence-corrected chi connectivity index (χ1v) is 12.7. The third-order valence-corrected chi connectivity index (χ3v) is 7.77. The monoisotopic (exact) mass is 470 g/mol. The minimum Gasteiger partial charge on any atom is -0.486 e. The number of carbonyl (C=O) groups excluding carboxylic acids is 2. The van der Waals surface area contributed by atoms with Crippen molar-refractivity contribution in [2.75, 3.05) is 38.2 Å². The van der Waals surface area contributed by atoms with Gasteiger partial charge in [-0.05, 0) is 75.3 Å². The van der Waals surface area contributed by atoms with Crippen molar-refractivity contribution in [3.05, 3.63) is 39.8 Å². The number of carbonyl (C=O) groups is 2. The molecule has 3 aliphatic rings. The number of amides is 1. The molecule has 2 aromatic rings. The molecule has 0 saturated carbocycles. The zero-order chi connectivity index (χ0) is 22.8. The molecule has 1 N–H and O–H groups in total. The minimum atomic E-state index is -0.331. The highest BCUT2D eigenvalue weighted by Gasteiger charge is 2.31. The second-order valence-electron chi connectivity index (χ2n) is 8.72. The van der Waals surface area contributed by atoms with Crippen molar-refractivity contribution in [3.8, 4) is 11.5 Å². The topological polar surface area (TPSA) is 77.1 Å². The van der Waals surface area contributed by atoms with Crippen LogP contribution in [0.4, 0.5) is 5.00 Å². The van der Waals surface area contributed by atoms with Crippen LogP contribution in [-0.4, -0.2) is 49.7 Å². The van der Waals surface area contributed by atoms with Gasteiger partial charge in [0.05, 0.1) is 18.7 Å². The predicted molar refractivity (Wildman–Crippen MR) is 127 cm³/mol. The predicted octanol–water partition coefficient (Wildman–Crippen LogP) is 4.35. The van der Waals surface area contributed by atoms with Gasteiger partial charge in [0.2, 0.25) is 5.91 Å². The summed E-state index contributed by atoms with van der Waals surface area (Å²) in [6.45, 7) is 4.40. The molecule has 3 heterocycles. The molecule has 7 nitrogen and oxygen atoms in total. The second-order valence-corrected chi connectivity index (χ2v) is 9.82. The van der Waals surface area contributed by atoms with Crippen molar-refractivity contribution in [1.29, 1.82) is 0 Å². The van der Waals surface area contributed by atoms with Crippen LogP contribution in [0.25, 0.3) is 0 Å². The summed E-state index contributed by atoms with van der Waals surface area (Å²) in [6, 6.07) is 6.23. The van der Waals surface area contributed by atoms with E-state index in [-0.39, 0.29) is 24.5 Å². The molecule has 1 amide bonds. The first-order valence-electron chi connectivity index (χ1n) is 11.9. The van der Waals surface area contributed by atoms with Crippen LogP contribution in [0.15, 0.2) is 18.2 Å². The Morgan fingerprint density at radius 2 is 1.97 bits per heavy atom. The molecule has 33 heavy (non-hydrogen) atoms. The third kappa shape index (κ3) is 4.59. The van der Waals surface area contributed by atoms with E-state index in [0.29, 0.717) is 30.4 Å². The summed E-state index contributed by atoms with van der Waals surface area (Å²) < 4.78 is 16.7. The van der Waals surface area contributed by atoms with Gasteiger partial charge in [0.15, 0.2) is 11.5 Å². The van der Waals surface area contributed by atoms with Crippen LogP contribution < -0.4 is 14.8 Å². The van der Waals surface area contributed by atoms with Gasteiger partial charge in [-0.3, -0.25) is 9.69 Å². The minimum absolute atomic E-state index is 0.0939. The van der Waals surface area contributed by atoms with Crippen LogP contribution in [0.1, 0.15) is 65.0 Å². The lowest BCUT2D eigenvalue weighted by Gasteiger charge is -2.26. The summed E-state index contributed by atoms with van der Waals surface area (Å²) in [5.41, 5.74) is 2.77. The molecule has 1 aromatic carbocycles. The van der Waals surface area contributed by atoms with Crippen molar-refractivity contribution in [2.45, 2.75) is 51.5 Å². The Balaban J connectivity index is 1.31. The van der Waals surface area contributed by atoms with Crippen LogP contribution in [0.2, 0.25) is 0 Å². The number of hydrogen-bond donors (Lipinski definition) is 1. The Hall–Kier alpha value is -2.58. The molecule has 8 heteroatoms. The molecule has 1 aliphatic carbocycles. The Labute approximate surface area is 198 Å². The van der Waals surface area contributed by atoms with Gasteiger partial charge in [-0.1, -0.05) is 6.07 Å². The van der Waals surface area contributed by atoms with Crippen molar-refractivity contribution in [2.24, 2.45) is 0 Å². The van der Waals surface area contributed by atoms with Gasteiger partial charge in [-0.25, -0.2) is 4.79 Å². The fraction of sp³-hybridized carbons (Fsp3) is 0.520. The fourth-order valence-corrected chi connectivity index (χ4v) is 6.38. The Bertz CT molecular complexity index is 1050. The largest absolute Gasteiger partial charge is 0.486 e. The lowest BCUT2D eigenvalue weighted by atomic mass is 9.95. The molecule has 5 rings (SSSR count). The number of fused-ring (bicyclic) bond motifs is 2. The van der Waals surface area contributed by atoms with Crippen molar-refractivity contribution in [1.82, 2.24) is 4.90 Å². The normalized spacial score (nSPS) is 19.7. The van der Waals surface area contributed by atoms with E-state index < -0.39 is 0 Å². The molecular formula is C25H30N2O5S. The number of ether oxygens (including phenoxy) is 3. The number of rotatable bonds is 6. The molecule has 0 spiro atoms. The van der Waals surface area contributed by atoms with E-state index in [1.165, 1.54) is 16.2 Å². The summed E-state index contributed by atoms with van der Waals surface area (Å²) in [5.74, 6) is 1.13. The number of benzene rings is 1.